The summed E-state index contributed by atoms with van der Waals surface area (Å²) in [5.41, 5.74) is 0.801. The van der Waals surface area contributed by atoms with E-state index in [-0.39, 0.29) is 22.4 Å². The lowest BCUT2D eigenvalue weighted by Gasteiger charge is -2.13. The number of carbonyl (C=O) groups excluding carboxylic acids is 1. The first-order valence-electron chi connectivity index (χ1n) is 6.09. The maximum absolute atomic E-state index is 11.9. The normalized spacial score (nSPS) is 11.9. The van der Waals surface area contributed by atoms with Gasteiger partial charge in [-0.1, -0.05) is 53.5 Å². The largest absolute Gasteiger partial charge is 0.481 e. The standard InChI is InChI=1S/C14H12Cl2N2O3/c15-10-6-11(18-12(10)16)13(19)17-7-9(14(20)21)8-4-2-1-3-5-8/h1-6,9,18H,7H2,(H,17,19)(H,20,21). The van der Waals surface area contributed by atoms with Gasteiger partial charge in [0.15, 0.2) is 0 Å². The summed E-state index contributed by atoms with van der Waals surface area (Å²) in [7, 11) is 0. The zero-order chi connectivity index (χ0) is 15.4. The third-order valence-electron chi connectivity index (χ3n) is 2.94. The van der Waals surface area contributed by atoms with E-state index in [1.54, 1.807) is 30.3 Å². The Morgan fingerprint density at radius 2 is 1.90 bits per heavy atom. The van der Waals surface area contributed by atoms with E-state index >= 15 is 0 Å². The number of hydrogen-bond acceptors (Lipinski definition) is 2. The number of aliphatic carboxylic acids is 1. The van der Waals surface area contributed by atoms with Crippen molar-refractivity contribution in [2.75, 3.05) is 6.54 Å². The predicted octanol–water partition coefficient (Wildman–Crippen LogP) is 2.92. The van der Waals surface area contributed by atoms with Crippen molar-refractivity contribution in [1.29, 1.82) is 0 Å². The fourth-order valence-electron chi connectivity index (χ4n) is 1.85. The number of halogens is 2. The summed E-state index contributed by atoms with van der Waals surface area (Å²) in [6.45, 7) is -0.0353. The molecule has 1 heterocycles. The Hall–Kier alpha value is -1.98. The number of rotatable bonds is 5. The summed E-state index contributed by atoms with van der Waals surface area (Å²) in [5.74, 6) is -2.30. The van der Waals surface area contributed by atoms with Gasteiger partial charge in [0, 0.05) is 6.54 Å². The van der Waals surface area contributed by atoms with Crippen LogP contribution in [0.3, 0.4) is 0 Å². The molecule has 0 saturated heterocycles. The Morgan fingerprint density at radius 3 is 2.43 bits per heavy atom. The van der Waals surface area contributed by atoms with E-state index < -0.39 is 17.8 Å². The average molecular weight is 327 g/mol. The molecule has 0 spiro atoms. The predicted molar refractivity (Wildman–Crippen MR) is 80.0 cm³/mol. The molecule has 2 aromatic rings. The van der Waals surface area contributed by atoms with Crippen molar-refractivity contribution in [1.82, 2.24) is 10.3 Å². The highest BCUT2D eigenvalue weighted by Crippen LogP contribution is 2.22. The molecule has 1 aromatic heterocycles. The number of carboxylic acids is 1. The first-order chi connectivity index (χ1) is 9.99. The second-order valence-electron chi connectivity index (χ2n) is 4.36. The Balaban J connectivity index is 2.06. The molecular formula is C14H12Cl2N2O3. The fraction of sp³-hybridized carbons (Fsp3) is 0.143. The van der Waals surface area contributed by atoms with Crippen LogP contribution in [0.5, 0.6) is 0 Å². The second-order valence-corrected chi connectivity index (χ2v) is 5.14. The Kier molecular flexibility index (Phi) is 4.88. The van der Waals surface area contributed by atoms with Crippen LogP contribution in [-0.2, 0) is 4.79 Å². The van der Waals surface area contributed by atoms with Gasteiger partial charge in [0.1, 0.15) is 10.8 Å². The third-order valence-corrected chi connectivity index (χ3v) is 3.63. The Labute approximate surface area is 130 Å². The first-order valence-corrected chi connectivity index (χ1v) is 6.84. The van der Waals surface area contributed by atoms with Gasteiger partial charge < -0.3 is 15.4 Å². The Morgan fingerprint density at radius 1 is 1.24 bits per heavy atom. The minimum absolute atomic E-state index is 0.0353. The van der Waals surface area contributed by atoms with Crippen molar-refractivity contribution < 1.29 is 14.7 Å². The summed E-state index contributed by atoms with van der Waals surface area (Å²) in [6.07, 6.45) is 0. The van der Waals surface area contributed by atoms with Crippen LogP contribution < -0.4 is 5.32 Å². The quantitative estimate of drug-likeness (QED) is 0.790. The molecule has 1 atom stereocenters. The fourth-order valence-corrected chi connectivity index (χ4v) is 2.16. The molecule has 7 heteroatoms. The lowest BCUT2D eigenvalue weighted by atomic mass is 9.99. The van der Waals surface area contributed by atoms with E-state index in [0.717, 1.165) is 0 Å². The molecule has 3 N–H and O–H groups in total. The van der Waals surface area contributed by atoms with Crippen molar-refractivity contribution in [3.05, 3.63) is 57.8 Å². The van der Waals surface area contributed by atoms with Gasteiger partial charge in [0.05, 0.1) is 10.9 Å². The van der Waals surface area contributed by atoms with Crippen LogP contribution >= 0.6 is 23.2 Å². The third kappa shape index (κ3) is 3.77. The lowest BCUT2D eigenvalue weighted by molar-refractivity contribution is -0.138. The van der Waals surface area contributed by atoms with Crippen molar-refractivity contribution in [2.24, 2.45) is 0 Å². The highest BCUT2D eigenvalue weighted by Gasteiger charge is 2.21. The van der Waals surface area contributed by atoms with Gasteiger partial charge in [-0.25, -0.2) is 0 Å². The number of carbonyl (C=O) groups is 2. The van der Waals surface area contributed by atoms with Crippen LogP contribution in [-0.4, -0.2) is 28.5 Å². The van der Waals surface area contributed by atoms with Crippen LogP contribution in [0.15, 0.2) is 36.4 Å². The van der Waals surface area contributed by atoms with Gasteiger partial charge >= 0.3 is 5.97 Å². The van der Waals surface area contributed by atoms with Crippen LogP contribution in [0.2, 0.25) is 10.2 Å². The van der Waals surface area contributed by atoms with Crippen molar-refractivity contribution >= 4 is 35.1 Å². The molecule has 0 aliphatic heterocycles. The molecular weight excluding hydrogens is 315 g/mol. The van der Waals surface area contributed by atoms with Crippen molar-refractivity contribution in [3.8, 4) is 0 Å². The van der Waals surface area contributed by atoms with E-state index in [4.69, 9.17) is 23.2 Å². The minimum atomic E-state index is -1.01. The zero-order valence-corrected chi connectivity index (χ0v) is 12.3. The van der Waals surface area contributed by atoms with E-state index in [9.17, 15) is 14.7 Å². The SMILES string of the molecule is O=C(NCC(C(=O)O)c1ccccc1)c1cc(Cl)c(Cl)[nH]1. The summed E-state index contributed by atoms with van der Waals surface area (Å²) in [5, 5.41) is 12.2. The van der Waals surface area contributed by atoms with Crippen molar-refractivity contribution in [3.63, 3.8) is 0 Å². The number of aromatic nitrogens is 1. The van der Waals surface area contributed by atoms with Crippen LogP contribution in [0.1, 0.15) is 22.0 Å². The molecule has 110 valence electrons. The number of aromatic amines is 1. The van der Waals surface area contributed by atoms with E-state index in [1.165, 1.54) is 6.07 Å². The number of H-pyrrole nitrogens is 1. The monoisotopic (exact) mass is 326 g/mol. The van der Waals surface area contributed by atoms with Crippen molar-refractivity contribution in [2.45, 2.75) is 5.92 Å². The molecule has 0 fully saturated rings. The van der Waals surface area contributed by atoms with Gasteiger partial charge in [-0.05, 0) is 11.6 Å². The number of carboxylic acid groups (broad SMARTS) is 1. The molecule has 0 aliphatic carbocycles. The highest BCUT2D eigenvalue weighted by atomic mass is 35.5. The number of nitrogens with one attached hydrogen (secondary N) is 2. The van der Waals surface area contributed by atoms with Gasteiger partial charge in [-0.2, -0.15) is 0 Å². The summed E-state index contributed by atoms with van der Waals surface area (Å²) in [4.78, 5) is 25.8. The molecule has 21 heavy (non-hydrogen) atoms. The van der Waals surface area contributed by atoms with Crippen LogP contribution in [0.25, 0.3) is 0 Å². The van der Waals surface area contributed by atoms with E-state index in [0.29, 0.717) is 5.56 Å². The minimum Gasteiger partial charge on any atom is -0.481 e. The molecule has 1 aromatic carbocycles. The van der Waals surface area contributed by atoms with Gasteiger partial charge in [-0.15, -0.1) is 0 Å². The average Bonchev–Trinajstić information content (AvgIpc) is 2.79. The molecule has 1 unspecified atom stereocenters. The molecule has 0 aliphatic rings. The van der Waals surface area contributed by atoms with Gasteiger partial charge in [-0.3, -0.25) is 9.59 Å². The molecule has 0 bridgehead atoms. The molecule has 0 saturated carbocycles. The van der Waals surface area contributed by atoms with E-state index in [1.807, 2.05) is 0 Å². The highest BCUT2D eigenvalue weighted by molar-refractivity contribution is 6.41. The molecule has 5 nitrogen and oxygen atoms in total. The molecule has 1 amide bonds. The Bertz CT molecular complexity index is 636. The summed E-state index contributed by atoms with van der Waals surface area (Å²) >= 11 is 11.5. The maximum Gasteiger partial charge on any atom is 0.312 e. The van der Waals surface area contributed by atoms with Gasteiger partial charge in [0.25, 0.3) is 5.91 Å². The molecule has 0 radical (unpaired) electrons. The second kappa shape index (κ2) is 6.65. The summed E-state index contributed by atoms with van der Waals surface area (Å²) < 4.78 is 0. The lowest BCUT2D eigenvalue weighted by Crippen LogP contribution is -2.31. The topological polar surface area (TPSA) is 82.2 Å². The summed E-state index contributed by atoms with van der Waals surface area (Å²) in [6, 6.07) is 10.1. The number of benzene rings is 1. The van der Waals surface area contributed by atoms with Gasteiger partial charge in [0.2, 0.25) is 0 Å². The smallest absolute Gasteiger partial charge is 0.312 e. The maximum atomic E-state index is 11.9. The van der Waals surface area contributed by atoms with E-state index in [2.05, 4.69) is 10.3 Å². The number of amides is 1. The van der Waals surface area contributed by atoms with Crippen LogP contribution in [0, 0.1) is 0 Å². The van der Waals surface area contributed by atoms with Crippen LogP contribution in [0.4, 0.5) is 0 Å². The first kappa shape index (κ1) is 15.4. The number of hydrogen-bond donors (Lipinski definition) is 3. The zero-order valence-electron chi connectivity index (χ0n) is 10.8. The molecule has 2 rings (SSSR count).